The fraction of sp³-hybridized carbons (Fsp3) is 0.274. The van der Waals surface area contributed by atoms with Crippen molar-refractivity contribution in [3.63, 3.8) is 0 Å². The fourth-order valence-corrected chi connectivity index (χ4v) is 14.1. The van der Waals surface area contributed by atoms with Gasteiger partial charge in [-0.2, -0.15) is 95.3 Å². The zero-order chi connectivity index (χ0) is 81.6. The van der Waals surface area contributed by atoms with Gasteiger partial charge in [0.25, 0.3) is 11.7 Å². The van der Waals surface area contributed by atoms with Crippen LogP contribution in [0.2, 0.25) is 0 Å². The van der Waals surface area contributed by atoms with Gasteiger partial charge < -0.3 is 34.2 Å². The molecular formula is C95H92F5Ir3N11O4Pt-3. The smallest absolute Gasteiger partial charge is 0.811 e. The molecule has 2 N–H and O–H groups in total. The molecule has 2 unspecified atom stereocenters. The maximum atomic E-state index is 15.3. The van der Waals surface area contributed by atoms with Crippen LogP contribution in [0, 0.1) is 47.1 Å². The number of rotatable bonds is 16. The first-order valence-electron chi connectivity index (χ1n) is 38.7. The van der Waals surface area contributed by atoms with Crippen LogP contribution in [0.1, 0.15) is 159 Å². The van der Waals surface area contributed by atoms with E-state index in [4.69, 9.17) is 24.3 Å². The monoisotopic (exact) mass is 2320 g/mol. The number of allylic oxidation sites excluding steroid dienone is 2. The molecule has 119 heavy (non-hydrogen) atoms. The van der Waals surface area contributed by atoms with Crippen molar-refractivity contribution in [3.8, 4) is 33.9 Å². The number of nitrogens with one attached hydrogen (secondary N) is 1. The topological polar surface area (TPSA) is 182 Å². The van der Waals surface area contributed by atoms with Crippen molar-refractivity contribution in [1.82, 2.24) is 43.9 Å². The van der Waals surface area contributed by atoms with Gasteiger partial charge in [-0.1, -0.05) is 166 Å². The number of carbonyl (C=O) groups is 1. The first kappa shape index (κ1) is 94.8. The summed E-state index contributed by atoms with van der Waals surface area (Å²) in [5.74, 6) is -2.97. The Morgan fingerprint density at radius 3 is 2.03 bits per heavy atom. The molecule has 0 aliphatic heterocycles. The van der Waals surface area contributed by atoms with Gasteiger partial charge in [0.2, 0.25) is 0 Å². The van der Waals surface area contributed by atoms with Gasteiger partial charge in [0.05, 0.1) is 6.26 Å². The van der Waals surface area contributed by atoms with Gasteiger partial charge in [0, 0.05) is 154 Å². The van der Waals surface area contributed by atoms with Gasteiger partial charge in [-0.3, -0.25) is 23.8 Å². The Bertz CT molecular complexity index is 5860. The van der Waals surface area contributed by atoms with Gasteiger partial charge in [0.1, 0.15) is 5.58 Å². The van der Waals surface area contributed by atoms with Crippen LogP contribution in [0.25, 0.3) is 94.3 Å². The van der Waals surface area contributed by atoms with E-state index in [1.54, 1.807) is 29.3 Å². The number of fused-ring (bicyclic) bond motifs is 10. The van der Waals surface area contributed by atoms with Crippen LogP contribution in [-0.4, -0.2) is 67.2 Å². The minimum atomic E-state index is -4.88. The van der Waals surface area contributed by atoms with E-state index in [0.29, 0.717) is 23.0 Å². The molecule has 2 atom stereocenters. The van der Waals surface area contributed by atoms with E-state index in [-0.39, 0.29) is 122 Å². The van der Waals surface area contributed by atoms with Crippen LogP contribution in [0.5, 0.6) is 0 Å². The number of alkyl halides is 5. The van der Waals surface area contributed by atoms with E-state index >= 15 is 8.78 Å². The predicted octanol–water partition coefficient (Wildman–Crippen LogP) is 24.3. The summed E-state index contributed by atoms with van der Waals surface area (Å²) in [6, 6.07) is 73.1. The molecule has 0 bridgehead atoms. The van der Waals surface area contributed by atoms with E-state index in [2.05, 4.69) is 172 Å². The molecule has 0 spiro atoms. The maximum absolute atomic E-state index is 15.3. The van der Waals surface area contributed by atoms with E-state index < -0.39 is 17.9 Å². The van der Waals surface area contributed by atoms with Crippen molar-refractivity contribution in [2.45, 2.75) is 151 Å². The Kier molecular flexibility index (Phi) is 33.9. The number of halogens is 5. The van der Waals surface area contributed by atoms with Gasteiger partial charge in [-0.15, -0.1) is 54.1 Å². The van der Waals surface area contributed by atoms with E-state index in [0.717, 1.165) is 139 Å². The fourth-order valence-electron chi connectivity index (χ4n) is 14.1. The SMILES string of the molecule is CC(C)(C)Cc1ccnn1-c1[c-]cccc1.CC(C)(C)Cc1cnc2c3[c-]cccc3n(-c3ccccc3)c2c1.CCC(C)c1ccc2c(c1)C(F)(F)c1c[c-]c(-n3nccc3CC3CCCC3)cc1-2.CCC(C)c1nc2c[c-]c(-n3cccn3)cc2o1.O=C(C=CO)C(F)(F)F.[Ir+3].[Ir].[Ir].[N-]=C/C=C\Nc1[c-]ccc2c1oc1ccccc12.[Pt]. The number of carbonyl (C=O) groups excluding carboxylic acids is 1. The normalized spacial score (nSPS) is 13.3. The summed E-state index contributed by atoms with van der Waals surface area (Å²) in [5.41, 5.74) is 17.6. The van der Waals surface area contributed by atoms with Crippen LogP contribution in [0.4, 0.5) is 27.6 Å². The molecule has 17 rings (SSSR count). The first-order valence-corrected chi connectivity index (χ1v) is 38.7. The second kappa shape index (κ2) is 42.5. The van der Waals surface area contributed by atoms with Gasteiger partial charge in [-0.05, 0) is 160 Å². The van der Waals surface area contributed by atoms with Crippen molar-refractivity contribution in [1.29, 1.82) is 0 Å². The van der Waals surface area contributed by atoms with Crippen molar-refractivity contribution in [2.75, 3.05) is 5.32 Å². The first-order chi connectivity index (χ1) is 55.2. The summed E-state index contributed by atoms with van der Waals surface area (Å²) in [5, 5.41) is 35.6. The minimum Gasteiger partial charge on any atom is -0.811 e. The molecule has 0 amide bonds. The standard InChI is InChI=1S/C26H27F2N2.C22H21N2.C15H10N2O.C14H14N3O.C14H17N2.C4H3F3O2.3Ir.Pt/c1-3-17(2)19-8-10-22-23-16-20(9-11-24(23)26(27,28)25(22)15-19)30-21(12-13-29-30)14-18-6-4-5-7-18;1-22(2,3)14-16-13-20-21(23-15-16)18-11-7-8-12-19(18)24(20)17-9-5-4-6-10-17;16-9-4-10-17-13-7-3-6-12-11-5-1-2-8-14(11)18-15(12)13;1-3-10(2)14-16-12-6-5-11(9-13(12)18-14)17-8-4-7-15-17;1-14(2,3)11-13-9-10-15-16(13)12-7-5-4-6-8-12;5-4(6,7)3(9)1-2-8;;;;/h8,10-13,15-18H,3-7,14H2,1-2H3;4-10,12-13,15H,14H2,1-3H3;1-6,8-10,17H;4,6-10H,3H2,1-2H3;4-7,9-10H,11H2,1-3H3;1-2,8H;;;;/q2*-1;-2;2*-1;;;;+3;/b;;10-4-;;;;;;;. The third-order valence-corrected chi connectivity index (χ3v) is 20.0. The molecule has 1 fully saturated rings. The Labute approximate surface area is 746 Å². The van der Waals surface area contributed by atoms with Crippen LogP contribution < -0.4 is 5.32 Å². The number of benzene rings is 8. The summed E-state index contributed by atoms with van der Waals surface area (Å²) in [7, 11) is 0. The number of para-hydroxylation sites is 3. The number of nitrogens with zero attached hydrogens (tertiary/aromatic N) is 10. The number of pyridine rings is 1. The molecule has 0 saturated heterocycles. The number of ketones is 1. The van der Waals surface area contributed by atoms with Gasteiger partial charge in [0.15, 0.2) is 5.89 Å². The largest absolute Gasteiger partial charge is 3.00 e. The van der Waals surface area contributed by atoms with Crippen LogP contribution in [0.15, 0.2) is 240 Å². The van der Waals surface area contributed by atoms with Crippen LogP contribution in [-0.2, 0) is 111 Å². The van der Waals surface area contributed by atoms with Crippen LogP contribution >= 0.6 is 0 Å². The number of hydrogen-bond donors (Lipinski definition) is 2. The summed E-state index contributed by atoms with van der Waals surface area (Å²) >= 11 is 0. The van der Waals surface area contributed by atoms with E-state index in [9.17, 15) is 18.0 Å². The number of hydrogen-bond acceptors (Lipinski definition) is 10. The second-order valence-electron chi connectivity index (χ2n) is 31.1. The molecular weight excluding hydrogens is 2230 g/mol. The summed E-state index contributed by atoms with van der Waals surface area (Å²) in [4.78, 5) is 19.0. The summed E-state index contributed by atoms with van der Waals surface area (Å²) in [6.07, 6.45) is 18.7. The zero-order valence-corrected chi connectivity index (χ0v) is 76.9. The average Bonchev–Trinajstić information content (AvgIpc) is 1.59. The molecule has 1 saturated carbocycles. The van der Waals surface area contributed by atoms with Crippen LogP contribution in [0.3, 0.4) is 0 Å². The third-order valence-electron chi connectivity index (χ3n) is 20.0. The number of aliphatic hydroxyl groups excluding tert-OH is 1. The Hall–Kier alpha value is -9.68. The average molecular weight is 2320 g/mol. The predicted molar refractivity (Wildman–Crippen MR) is 448 cm³/mol. The summed E-state index contributed by atoms with van der Waals surface area (Å²) < 4.78 is 83.4. The van der Waals surface area contributed by atoms with Crippen molar-refractivity contribution < 1.29 is 122 Å². The molecule has 2 aliphatic carbocycles. The zero-order valence-electron chi connectivity index (χ0n) is 67.5. The molecule has 626 valence electrons. The Morgan fingerprint density at radius 1 is 0.672 bits per heavy atom. The molecule has 15 nitrogen and oxygen atoms in total. The number of oxazole rings is 1. The number of furan rings is 1. The molecule has 8 aromatic carbocycles. The summed E-state index contributed by atoms with van der Waals surface area (Å²) in [6.45, 7) is 21.9. The van der Waals surface area contributed by atoms with Crippen molar-refractivity contribution >= 4 is 72.7 Å². The van der Waals surface area contributed by atoms with E-state index in [1.165, 1.54) is 49.1 Å². The quantitative estimate of drug-likeness (QED) is 0.0310. The number of aliphatic hydroxyl groups is 1. The number of anilines is 1. The van der Waals surface area contributed by atoms with Crippen molar-refractivity contribution in [3.05, 3.63) is 307 Å². The minimum absolute atomic E-state index is 0. The molecule has 2 radical (unpaired) electrons. The molecule has 7 heterocycles. The molecule has 2 aliphatic rings. The second-order valence-corrected chi connectivity index (χ2v) is 31.1. The van der Waals surface area contributed by atoms with E-state index in [1.807, 2.05) is 149 Å². The molecule has 7 aromatic heterocycles. The van der Waals surface area contributed by atoms with Gasteiger partial charge in [-0.25, -0.2) is 8.78 Å². The molecule has 15 aromatic rings. The van der Waals surface area contributed by atoms with Crippen molar-refractivity contribution in [2.24, 2.45) is 16.7 Å². The number of aromatic nitrogens is 9. The third kappa shape index (κ3) is 23.5. The Morgan fingerprint density at radius 2 is 1.36 bits per heavy atom. The Balaban J connectivity index is 0.000000182. The molecule has 24 heteroatoms. The van der Waals surface area contributed by atoms with Gasteiger partial charge >= 0.3 is 26.3 Å². The maximum Gasteiger partial charge on any atom is 3.00 e.